The zero-order valence-electron chi connectivity index (χ0n) is 11.7. The summed E-state index contributed by atoms with van der Waals surface area (Å²) in [4.78, 5) is 13.8. The highest BCUT2D eigenvalue weighted by Crippen LogP contribution is 2.24. The van der Waals surface area contributed by atoms with Crippen molar-refractivity contribution in [2.45, 2.75) is 31.7 Å². The molecule has 2 aliphatic heterocycles. The van der Waals surface area contributed by atoms with Crippen LogP contribution < -0.4 is 10.2 Å². The van der Waals surface area contributed by atoms with E-state index in [4.69, 9.17) is 0 Å². The monoisotopic (exact) mass is 261 g/mol. The lowest BCUT2D eigenvalue weighted by molar-refractivity contribution is 0.175. The highest BCUT2D eigenvalue weighted by atomic mass is 15.3. The average molecular weight is 261 g/mol. The first-order chi connectivity index (χ1) is 9.36. The molecule has 0 spiro atoms. The number of rotatable bonds is 3. The lowest BCUT2D eigenvalue weighted by Crippen LogP contribution is -2.40. The molecule has 1 N–H and O–H groups in total. The van der Waals surface area contributed by atoms with Crippen molar-refractivity contribution in [2.24, 2.45) is 0 Å². The molecule has 19 heavy (non-hydrogen) atoms. The van der Waals surface area contributed by atoms with Crippen LogP contribution in [0.15, 0.2) is 12.3 Å². The minimum Gasteiger partial charge on any atom is -0.357 e. The SMILES string of the molecule is CNc1nccc(N2CCC(N3CCCCC3)C2)n1. The topological polar surface area (TPSA) is 44.3 Å². The Labute approximate surface area is 115 Å². The molecular formula is C14H23N5. The molecule has 2 fully saturated rings. The standard InChI is InChI=1S/C14H23N5/c1-15-14-16-7-5-13(17-14)19-10-6-12(11-19)18-8-3-2-4-9-18/h5,7,12H,2-4,6,8-11H2,1H3,(H,15,16,17). The van der Waals surface area contributed by atoms with Crippen LogP contribution in [-0.2, 0) is 0 Å². The molecule has 1 unspecified atom stereocenters. The molecule has 3 rings (SSSR count). The summed E-state index contributed by atoms with van der Waals surface area (Å²) in [7, 11) is 1.86. The first-order valence-electron chi connectivity index (χ1n) is 7.36. The third kappa shape index (κ3) is 2.81. The Morgan fingerprint density at radius 2 is 2.05 bits per heavy atom. The fourth-order valence-corrected chi connectivity index (χ4v) is 3.18. The van der Waals surface area contributed by atoms with Crippen molar-refractivity contribution in [3.63, 3.8) is 0 Å². The van der Waals surface area contributed by atoms with Gasteiger partial charge in [0.25, 0.3) is 0 Å². The summed E-state index contributed by atoms with van der Waals surface area (Å²) in [5.74, 6) is 1.76. The molecular weight excluding hydrogens is 238 g/mol. The molecule has 0 amide bonds. The summed E-state index contributed by atoms with van der Waals surface area (Å²) in [6.07, 6.45) is 7.24. The molecule has 0 saturated carbocycles. The van der Waals surface area contributed by atoms with E-state index in [0.29, 0.717) is 12.0 Å². The number of anilines is 2. The van der Waals surface area contributed by atoms with Gasteiger partial charge in [-0.15, -0.1) is 0 Å². The maximum atomic E-state index is 4.54. The molecule has 1 atom stereocenters. The summed E-state index contributed by atoms with van der Waals surface area (Å²) in [5.41, 5.74) is 0. The second-order valence-electron chi connectivity index (χ2n) is 5.47. The van der Waals surface area contributed by atoms with E-state index in [2.05, 4.69) is 25.1 Å². The number of hydrogen-bond donors (Lipinski definition) is 1. The van der Waals surface area contributed by atoms with E-state index < -0.39 is 0 Å². The van der Waals surface area contributed by atoms with Crippen molar-refractivity contribution < 1.29 is 0 Å². The van der Waals surface area contributed by atoms with Gasteiger partial charge in [0.15, 0.2) is 0 Å². The van der Waals surface area contributed by atoms with Gasteiger partial charge in [0.05, 0.1) is 0 Å². The van der Waals surface area contributed by atoms with Crippen LogP contribution in [0.3, 0.4) is 0 Å². The predicted octanol–water partition coefficient (Wildman–Crippen LogP) is 1.58. The predicted molar refractivity (Wildman–Crippen MR) is 77.6 cm³/mol. The lowest BCUT2D eigenvalue weighted by Gasteiger charge is -2.32. The zero-order valence-corrected chi connectivity index (χ0v) is 11.7. The molecule has 3 heterocycles. The summed E-state index contributed by atoms with van der Waals surface area (Å²) < 4.78 is 0. The molecule has 0 aromatic carbocycles. The van der Waals surface area contributed by atoms with Crippen molar-refractivity contribution in [3.8, 4) is 0 Å². The second-order valence-corrected chi connectivity index (χ2v) is 5.47. The van der Waals surface area contributed by atoms with Crippen LogP contribution in [-0.4, -0.2) is 54.1 Å². The van der Waals surface area contributed by atoms with Crippen LogP contribution in [0.5, 0.6) is 0 Å². The number of aromatic nitrogens is 2. The third-order valence-corrected chi connectivity index (χ3v) is 4.26. The van der Waals surface area contributed by atoms with E-state index >= 15 is 0 Å². The number of hydrogen-bond acceptors (Lipinski definition) is 5. The van der Waals surface area contributed by atoms with Crippen LogP contribution in [0, 0.1) is 0 Å². The number of likely N-dealkylation sites (tertiary alicyclic amines) is 1. The highest BCUT2D eigenvalue weighted by Gasteiger charge is 2.29. The van der Waals surface area contributed by atoms with Gasteiger partial charge in [-0.05, 0) is 38.4 Å². The van der Waals surface area contributed by atoms with Crippen LogP contribution in [0.4, 0.5) is 11.8 Å². The Bertz CT molecular complexity index is 416. The molecule has 5 heteroatoms. The van der Waals surface area contributed by atoms with Crippen molar-refractivity contribution in [1.82, 2.24) is 14.9 Å². The summed E-state index contributed by atoms with van der Waals surface area (Å²) in [6.45, 7) is 4.79. The highest BCUT2D eigenvalue weighted by molar-refractivity contribution is 5.43. The number of nitrogens with one attached hydrogen (secondary N) is 1. The van der Waals surface area contributed by atoms with Gasteiger partial charge in [-0.3, -0.25) is 4.90 Å². The van der Waals surface area contributed by atoms with Gasteiger partial charge < -0.3 is 10.2 Å². The maximum absolute atomic E-state index is 4.54. The smallest absolute Gasteiger partial charge is 0.224 e. The molecule has 5 nitrogen and oxygen atoms in total. The summed E-state index contributed by atoms with van der Waals surface area (Å²) >= 11 is 0. The Morgan fingerprint density at radius 3 is 2.84 bits per heavy atom. The Kier molecular flexibility index (Phi) is 3.82. The van der Waals surface area contributed by atoms with Crippen molar-refractivity contribution in [3.05, 3.63) is 12.3 Å². The minimum atomic E-state index is 0.707. The van der Waals surface area contributed by atoms with Gasteiger partial charge in [0.1, 0.15) is 5.82 Å². The van der Waals surface area contributed by atoms with Crippen molar-refractivity contribution >= 4 is 11.8 Å². The Morgan fingerprint density at radius 1 is 1.21 bits per heavy atom. The zero-order chi connectivity index (χ0) is 13.1. The van der Waals surface area contributed by atoms with E-state index in [1.165, 1.54) is 38.8 Å². The van der Waals surface area contributed by atoms with Gasteiger partial charge in [-0.1, -0.05) is 6.42 Å². The quantitative estimate of drug-likeness (QED) is 0.895. The normalized spacial score (nSPS) is 24.7. The molecule has 0 radical (unpaired) electrons. The number of nitrogens with zero attached hydrogens (tertiary/aromatic N) is 4. The average Bonchev–Trinajstić information content (AvgIpc) is 2.98. The molecule has 104 valence electrons. The third-order valence-electron chi connectivity index (χ3n) is 4.26. The van der Waals surface area contributed by atoms with Gasteiger partial charge >= 0.3 is 0 Å². The van der Waals surface area contributed by atoms with Crippen molar-refractivity contribution in [1.29, 1.82) is 0 Å². The minimum absolute atomic E-state index is 0.707. The van der Waals surface area contributed by atoms with Gasteiger partial charge in [-0.2, -0.15) is 4.98 Å². The first-order valence-corrected chi connectivity index (χ1v) is 7.36. The summed E-state index contributed by atoms with van der Waals surface area (Å²) in [5, 5.41) is 3.01. The van der Waals surface area contributed by atoms with Crippen LogP contribution in [0.2, 0.25) is 0 Å². The Balaban J connectivity index is 1.64. The fourth-order valence-electron chi connectivity index (χ4n) is 3.18. The van der Waals surface area contributed by atoms with E-state index in [-0.39, 0.29) is 0 Å². The van der Waals surface area contributed by atoms with E-state index in [0.717, 1.165) is 18.9 Å². The fraction of sp³-hybridized carbons (Fsp3) is 0.714. The molecule has 2 aliphatic rings. The maximum Gasteiger partial charge on any atom is 0.224 e. The number of piperidine rings is 1. The molecule has 1 aromatic rings. The molecule has 1 aromatic heterocycles. The van der Waals surface area contributed by atoms with E-state index in [9.17, 15) is 0 Å². The summed E-state index contributed by atoms with van der Waals surface area (Å²) in [6, 6.07) is 2.73. The Hall–Kier alpha value is -1.36. The molecule has 0 bridgehead atoms. The van der Waals surface area contributed by atoms with Gasteiger partial charge in [0, 0.05) is 32.4 Å². The molecule has 0 aliphatic carbocycles. The van der Waals surface area contributed by atoms with Crippen LogP contribution >= 0.6 is 0 Å². The largest absolute Gasteiger partial charge is 0.357 e. The van der Waals surface area contributed by atoms with Crippen molar-refractivity contribution in [2.75, 3.05) is 43.4 Å². The van der Waals surface area contributed by atoms with Gasteiger partial charge in [-0.25, -0.2) is 4.98 Å². The van der Waals surface area contributed by atoms with E-state index in [1.807, 2.05) is 19.3 Å². The van der Waals surface area contributed by atoms with Crippen LogP contribution in [0.1, 0.15) is 25.7 Å². The lowest BCUT2D eigenvalue weighted by atomic mass is 10.1. The molecule has 2 saturated heterocycles. The van der Waals surface area contributed by atoms with Gasteiger partial charge in [0.2, 0.25) is 5.95 Å². The van der Waals surface area contributed by atoms with E-state index in [1.54, 1.807) is 0 Å². The first kappa shape index (κ1) is 12.7. The van der Waals surface area contributed by atoms with Crippen LogP contribution in [0.25, 0.3) is 0 Å². The second kappa shape index (κ2) is 5.74.